The van der Waals surface area contributed by atoms with Crippen molar-refractivity contribution < 1.29 is 5.11 Å². The van der Waals surface area contributed by atoms with Crippen LogP contribution in [0.25, 0.3) is 0 Å². The third-order valence-electron chi connectivity index (χ3n) is 2.48. The lowest BCUT2D eigenvalue weighted by Gasteiger charge is -2.12. The topological polar surface area (TPSA) is 59.1 Å². The maximum Gasteiger partial charge on any atom is 0.0897 e. The van der Waals surface area contributed by atoms with Crippen molar-refractivity contribution >= 4 is 28.6 Å². The molecule has 5 heteroatoms. The van der Waals surface area contributed by atoms with Crippen molar-refractivity contribution in [3.05, 3.63) is 44.9 Å². The number of halogens is 1. The molecule has 2 aromatic rings. The molecular weight excluding hydrogens is 256 g/mol. The van der Waals surface area contributed by atoms with Crippen molar-refractivity contribution in [2.45, 2.75) is 19.4 Å². The van der Waals surface area contributed by atoms with Gasteiger partial charge in [-0.15, -0.1) is 11.3 Å². The SMILES string of the molecule is Cc1nc(CC(O)c2ccc(Cl)cc2N)cs1. The number of aliphatic hydroxyl groups is 1. The van der Waals surface area contributed by atoms with Gasteiger partial charge in [0, 0.05) is 28.1 Å². The lowest BCUT2D eigenvalue weighted by Crippen LogP contribution is -2.05. The average Bonchev–Trinajstić information content (AvgIpc) is 2.63. The number of rotatable bonds is 3. The van der Waals surface area contributed by atoms with Gasteiger partial charge in [-0.3, -0.25) is 0 Å². The van der Waals surface area contributed by atoms with Crippen LogP contribution >= 0.6 is 22.9 Å². The highest BCUT2D eigenvalue weighted by molar-refractivity contribution is 7.09. The first-order chi connectivity index (χ1) is 8.06. The van der Waals surface area contributed by atoms with Gasteiger partial charge in [0.05, 0.1) is 16.8 Å². The molecule has 1 aromatic carbocycles. The quantitative estimate of drug-likeness (QED) is 0.842. The molecule has 17 heavy (non-hydrogen) atoms. The summed E-state index contributed by atoms with van der Waals surface area (Å²) in [7, 11) is 0. The molecule has 0 aliphatic carbocycles. The minimum Gasteiger partial charge on any atom is -0.398 e. The largest absolute Gasteiger partial charge is 0.398 e. The van der Waals surface area contributed by atoms with Crippen LogP contribution in [0, 0.1) is 6.92 Å². The Morgan fingerprint density at radius 1 is 1.53 bits per heavy atom. The zero-order chi connectivity index (χ0) is 12.4. The Morgan fingerprint density at radius 3 is 2.88 bits per heavy atom. The fourth-order valence-corrected chi connectivity index (χ4v) is 2.47. The van der Waals surface area contributed by atoms with E-state index in [-0.39, 0.29) is 0 Å². The highest BCUT2D eigenvalue weighted by atomic mass is 35.5. The van der Waals surface area contributed by atoms with Gasteiger partial charge in [0.15, 0.2) is 0 Å². The third kappa shape index (κ3) is 2.97. The van der Waals surface area contributed by atoms with Crippen molar-refractivity contribution in [2.24, 2.45) is 0 Å². The van der Waals surface area contributed by atoms with E-state index >= 15 is 0 Å². The summed E-state index contributed by atoms with van der Waals surface area (Å²) in [6, 6.07) is 5.12. The van der Waals surface area contributed by atoms with E-state index in [1.807, 2.05) is 12.3 Å². The monoisotopic (exact) mass is 268 g/mol. The molecule has 0 amide bonds. The first kappa shape index (κ1) is 12.4. The predicted molar refractivity (Wildman–Crippen MR) is 71.4 cm³/mol. The molecule has 1 atom stereocenters. The summed E-state index contributed by atoms with van der Waals surface area (Å²) in [6.07, 6.45) is -0.176. The van der Waals surface area contributed by atoms with Crippen LogP contribution in [0.3, 0.4) is 0 Å². The molecule has 0 aliphatic heterocycles. The maximum absolute atomic E-state index is 10.1. The second kappa shape index (κ2) is 5.04. The van der Waals surface area contributed by atoms with Crippen molar-refractivity contribution in [2.75, 3.05) is 5.73 Å². The predicted octanol–water partition coefficient (Wildman–Crippen LogP) is 2.96. The molecule has 0 spiro atoms. The molecule has 0 fully saturated rings. The Kier molecular flexibility index (Phi) is 3.66. The summed E-state index contributed by atoms with van der Waals surface area (Å²) < 4.78 is 0. The molecule has 1 heterocycles. The molecule has 0 bridgehead atoms. The van der Waals surface area contributed by atoms with Crippen molar-refractivity contribution in [3.63, 3.8) is 0 Å². The standard InChI is InChI=1S/C12H13ClN2OS/c1-7-15-9(6-17-7)5-12(16)10-3-2-8(13)4-11(10)14/h2-4,6,12,16H,5,14H2,1H3. The van der Waals surface area contributed by atoms with E-state index in [9.17, 15) is 5.11 Å². The van der Waals surface area contributed by atoms with E-state index in [1.165, 1.54) is 0 Å². The van der Waals surface area contributed by atoms with Gasteiger partial charge in [-0.05, 0) is 19.1 Å². The van der Waals surface area contributed by atoms with Crippen molar-refractivity contribution in [1.82, 2.24) is 4.98 Å². The maximum atomic E-state index is 10.1. The number of nitrogens with two attached hydrogens (primary N) is 1. The van der Waals surface area contributed by atoms with Gasteiger partial charge in [-0.1, -0.05) is 17.7 Å². The Balaban J connectivity index is 2.17. The molecule has 3 N–H and O–H groups in total. The Bertz CT molecular complexity index is 527. The molecule has 0 aliphatic rings. The molecule has 3 nitrogen and oxygen atoms in total. The summed E-state index contributed by atoms with van der Waals surface area (Å²) in [5.74, 6) is 0. The first-order valence-electron chi connectivity index (χ1n) is 5.20. The molecule has 1 aromatic heterocycles. The number of aromatic nitrogens is 1. The minimum absolute atomic E-state index is 0.468. The van der Waals surface area contributed by atoms with Crippen molar-refractivity contribution in [3.8, 4) is 0 Å². The second-order valence-electron chi connectivity index (χ2n) is 3.85. The van der Waals surface area contributed by atoms with Crippen LogP contribution in [0.4, 0.5) is 5.69 Å². The lowest BCUT2D eigenvalue weighted by molar-refractivity contribution is 0.178. The number of anilines is 1. The number of nitrogens with zero attached hydrogens (tertiary/aromatic N) is 1. The molecule has 0 saturated heterocycles. The van der Waals surface area contributed by atoms with Gasteiger partial charge in [-0.25, -0.2) is 4.98 Å². The van der Waals surface area contributed by atoms with E-state index in [0.29, 0.717) is 22.7 Å². The third-order valence-corrected chi connectivity index (χ3v) is 3.53. The van der Waals surface area contributed by atoms with Crippen LogP contribution in [0.1, 0.15) is 22.4 Å². The van der Waals surface area contributed by atoms with Gasteiger partial charge in [0.25, 0.3) is 0 Å². The Morgan fingerprint density at radius 2 is 2.29 bits per heavy atom. The highest BCUT2D eigenvalue weighted by Crippen LogP contribution is 2.26. The van der Waals surface area contributed by atoms with E-state index in [1.54, 1.807) is 29.5 Å². The Hall–Kier alpha value is -1.10. The van der Waals surface area contributed by atoms with Crippen LogP contribution in [0.2, 0.25) is 5.02 Å². The normalized spacial score (nSPS) is 12.6. The number of benzene rings is 1. The number of hydrogen-bond donors (Lipinski definition) is 2. The number of aliphatic hydroxyl groups excluding tert-OH is 1. The van der Waals surface area contributed by atoms with E-state index in [2.05, 4.69) is 4.98 Å². The van der Waals surface area contributed by atoms with E-state index in [0.717, 1.165) is 10.7 Å². The fourth-order valence-electron chi connectivity index (χ4n) is 1.66. The molecule has 90 valence electrons. The summed E-state index contributed by atoms with van der Waals surface area (Å²) in [5, 5.41) is 13.6. The van der Waals surface area contributed by atoms with Crippen LogP contribution in [0.15, 0.2) is 23.6 Å². The van der Waals surface area contributed by atoms with Gasteiger partial charge in [-0.2, -0.15) is 0 Å². The molecule has 2 rings (SSSR count). The summed E-state index contributed by atoms with van der Waals surface area (Å²) in [5.41, 5.74) is 7.91. The number of aryl methyl sites for hydroxylation is 1. The Labute approximate surface area is 109 Å². The molecule has 0 radical (unpaired) electrons. The van der Waals surface area contributed by atoms with Gasteiger partial charge in [0.1, 0.15) is 0 Å². The molecular formula is C12H13ClN2OS. The summed E-state index contributed by atoms with van der Waals surface area (Å²) in [6.45, 7) is 1.94. The zero-order valence-electron chi connectivity index (χ0n) is 9.35. The van der Waals surface area contributed by atoms with Crippen LogP contribution < -0.4 is 5.73 Å². The highest BCUT2D eigenvalue weighted by Gasteiger charge is 2.13. The number of hydrogen-bond acceptors (Lipinski definition) is 4. The van der Waals surface area contributed by atoms with Crippen LogP contribution in [-0.4, -0.2) is 10.1 Å². The lowest BCUT2D eigenvalue weighted by atomic mass is 10.0. The first-order valence-corrected chi connectivity index (χ1v) is 6.46. The smallest absolute Gasteiger partial charge is 0.0897 e. The summed E-state index contributed by atoms with van der Waals surface area (Å²) in [4.78, 5) is 4.32. The zero-order valence-corrected chi connectivity index (χ0v) is 10.9. The van der Waals surface area contributed by atoms with E-state index in [4.69, 9.17) is 17.3 Å². The van der Waals surface area contributed by atoms with Gasteiger partial charge >= 0.3 is 0 Å². The van der Waals surface area contributed by atoms with Gasteiger partial charge in [0.2, 0.25) is 0 Å². The average molecular weight is 269 g/mol. The fraction of sp³-hybridized carbons (Fsp3) is 0.250. The minimum atomic E-state index is -0.645. The number of thiazole rings is 1. The van der Waals surface area contributed by atoms with Crippen LogP contribution in [-0.2, 0) is 6.42 Å². The molecule has 0 saturated carbocycles. The van der Waals surface area contributed by atoms with Crippen LogP contribution in [0.5, 0.6) is 0 Å². The summed E-state index contributed by atoms with van der Waals surface area (Å²) >= 11 is 7.39. The van der Waals surface area contributed by atoms with Crippen molar-refractivity contribution in [1.29, 1.82) is 0 Å². The van der Waals surface area contributed by atoms with Gasteiger partial charge < -0.3 is 10.8 Å². The number of nitrogen functional groups attached to an aromatic ring is 1. The second-order valence-corrected chi connectivity index (χ2v) is 5.35. The molecule has 1 unspecified atom stereocenters. The van der Waals surface area contributed by atoms with E-state index < -0.39 is 6.10 Å².